The van der Waals surface area contributed by atoms with E-state index in [1.165, 1.54) is 26.2 Å². The Morgan fingerprint density at radius 2 is 1.91 bits per heavy atom. The van der Waals surface area contributed by atoms with Crippen molar-refractivity contribution in [2.24, 2.45) is 5.92 Å². The number of nitrogens with zero attached hydrogens (tertiary/aromatic N) is 1. The molecule has 3 rings (SSSR count). The van der Waals surface area contributed by atoms with Gasteiger partial charge in [0, 0.05) is 24.1 Å². The zero-order valence-corrected chi connectivity index (χ0v) is 18.8. The van der Waals surface area contributed by atoms with E-state index in [4.69, 9.17) is 25.8 Å². The molecule has 1 heterocycles. The minimum atomic E-state index is -0.681. The van der Waals surface area contributed by atoms with E-state index in [9.17, 15) is 14.4 Å². The summed E-state index contributed by atoms with van der Waals surface area (Å²) in [5.74, 6) is -0.588. The molecule has 9 heteroatoms. The Balaban J connectivity index is 1.80. The first-order chi connectivity index (χ1) is 15.4. The molecule has 170 valence electrons. The van der Waals surface area contributed by atoms with Crippen molar-refractivity contribution in [2.75, 3.05) is 32.8 Å². The van der Waals surface area contributed by atoms with Gasteiger partial charge >= 0.3 is 5.97 Å². The average molecular weight is 461 g/mol. The van der Waals surface area contributed by atoms with Gasteiger partial charge in [0.2, 0.25) is 11.8 Å². The fourth-order valence-corrected chi connectivity index (χ4v) is 3.93. The van der Waals surface area contributed by atoms with Crippen LogP contribution in [-0.4, -0.2) is 45.7 Å². The zero-order valence-electron chi connectivity index (χ0n) is 18.1. The second-order valence-corrected chi connectivity index (χ2v) is 7.71. The Kier molecular flexibility index (Phi) is 7.58. The van der Waals surface area contributed by atoms with Crippen molar-refractivity contribution in [3.05, 3.63) is 53.1 Å². The second-order valence-electron chi connectivity index (χ2n) is 7.31. The summed E-state index contributed by atoms with van der Waals surface area (Å²) < 4.78 is 15.4. The van der Waals surface area contributed by atoms with Crippen LogP contribution in [0.15, 0.2) is 42.5 Å². The van der Waals surface area contributed by atoms with E-state index in [-0.39, 0.29) is 31.2 Å². The van der Waals surface area contributed by atoms with E-state index < -0.39 is 17.9 Å². The lowest BCUT2D eigenvalue weighted by Crippen LogP contribution is -2.36. The molecule has 0 radical (unpaired) electrons. The van der Waals surface area contributed by atoms with E-state index >= 15 is 0 Å². The number of nitrogens with one attached hydrogen (secondary N) is 1. The van der Waals surface area contributed by atoms with Crippen LogP contribution in [0.1, 0.15) is 24.4 Å². The lowest BCUT2D eigenvalue weighted by molar-refractivity contribution is -0.141. The summed E-state index contributed by atoms with van der Waals surface area (Å²) in [6.07, 6.45) is -0.0558. The number of hydrogen-bond acceptors (Lipinski definition) is 6. The Morgan fingerprint density at radius 3 is 2.56 bits per heavy atom. The number of carbonyl (C=O) groups is 3. The summed E-state index contributed by atoms with van der Waals surface area (Å²) in [5, 5.41) is 3.29. The molecule has 32 heavy (non-hydrogen) atoms. The van der Waals surface area contributed by atoms with Crippen molar-refractivity contribution in [3.8, 4) is 11.5 Å². The SMILES string of the molecule is COC(=O)CC(NC(=O)C1CC(=O)N(c2cc(OC)ccc2OC)C1)c1ccccc1Cl. The van der Waals surface area contributed by atoms with E-state index in [0.29, 0.717) is 27.8 Å². The van der Waals surface area contributed by atoms with Crippen molar-refractivity contribution < 1.29 is 28.6 Å². The molecular weight excluding hydrogens is 436 g/mol. The van der Waals surface area contributed by atoms with Gasteiger partial charge in [0.25, 0.3) is 0 Å². The highest BCUT2D eigenvalue weighted by atomic mass is 35.5. The van der Waals surface area contributed by atoms with Gasteiger partial charge in [-0.05, 0) is 23.8 Å². The molecule has 0 aromatic heterocycles. The maximum Gasteiger partial charge on any atom is 0.307 e. The van der Waals surface area contributed by atoms with E-state index in [0.717, 1.165) is 0 Å². The number of ether oxygens (including phenoxy) is 3. The zero-order chi connectivity index (χ0) is 23.3. The molecule has 1 aliphatic rings. The largest absolute Gasteiger partial charge is 0.497 e. The van der Waals surface area contributed by atoms with Gasteiger partial charge in [-0.25, -0.2) is 0 Å². The molecule has 2 aromatic carbocycles. The number of carbonyl (C=O) groups excluding carboxylic acids is 3. The third-order valence-electron chi connectivity index (χ3n) is 5.37. The first-order valence-electron chi connectivity index (χ1n) is 10.0. The highest BCUT2D eigenvalue weighted by molar-refractivity contribution is 6.31. The molecule has 2 atom stereocenters. The Morgan fingerprint density at radius 1 is 1.16 bits per heavy atom. The van der Waals surface area contributed by atoms with Crippen molar-refractivity contribution in [2.45, 2.75) is 18.9 Å². The first-order valence-corrected chi connectivity index (χ1v) is 10.4. The molecule has 0 saturated carbocycles. The maximum absolute atomic E-state index is 13.1. The van der Waals surface area contributed by atoms with Gasteiger partial charge in [0.05, 0.1) is 45.4 Å². The molecule has 1 saturated heterocycles. The van der Waals surface area contributed by atoms with Crippen molar-refractivity contribution in [3.63, 3.8) is 0 Å². The van der Waals surface area contributed by atoms with Crippen LogP contribution in [0.5, 0.6) is 11.5 Å². The van der Waals surface area contributed by atoms with E-state index in [1.807, 2.05) is 0 Å². The predicted molar refractivity (Wildman–Crippen MR) is 119 cm³/mol. The van der Waals surface area contributed by atoms with Gasteiger partial charge in [-0.1, -0.05) is 29.8 Å². The number of rotatable bonds is 8. The van der Waals surface area contributed by atoms with E-state index in [1.54, 1.807) is 42.5 Å². The van der Waals surface area contributed by atoms with Gasteiger partial charge in [-0.2, -0.15) is 0 Å². The summed E-state index contributed by atoms with van der Waals surface area (Å²) >= 11 is 6.29. The number of halogens is 1. The number of amides is 2. The fraction of sp³-hybridized carbons (Fsp3) is 0.348. The molecule has 0 spiro atoms. The van der Waals surface area contributed by atoms with Gasteiger partial charge in [0.1, 0.15) is 11.5 Å². The minimum Gasteiger partial charge on any atom is -0.497 e. The molecule has 1 fully saturated rings. The lowest BCUT2D eigenvalue weighted by atomic mass is 10.0. The molecule has 8 nitrogen and oxygen atoms in total. The summed E-state index contributed by atoms with van der Waals surface area (Å²) in [7, 11) is 4.32. The third kappa shape index (κ3) is 5.13. The maximum atomic E-state index is 13.1. The molecule has 1 N–H and O–H groups in total. The topological polar surface area (TPSA) is 94.2 Å². The van der Waals surface area contributed by atoms with Crippen LogP contribution in [0, 0.1) is 5.92 Å². The third-order valence-corrected chi connectivity index (χ3v) is 5.71. The number of anilines is 1. The van der Waals surface area contributed by atoms with Crippen molar-refractivity contribution >= 4 is 35.1 Å². The first kappa shape index (κ1) is 23.4. The predicted octanol–water partition coefficient (Wildman–Crippen LogP) is 3.13. The monoisotopic (exact) mass is 460 g/mol. The molecule has 0 bridgehead atoms. The van der Waals surface area contributed by atoms with Crippen LogP contribution >= 0.6 is 11.6 Å². The Labute approximate surface area is 191 Å². The van der Waals surface area contributed by atoms with Crippen LogP contribution < -0.4 is 19.7 Å². The fourth-order valence-electron chi connectivity index (χ4n) is 3.66. The number of esters is 1. The molecule has 0 aliphatic carbocycles. The smallest absolute Gasteiger partial charge is 0.307 e. The summed E-state index contributed by atoms with van der Waals surface area (Å²) in [6, 6.07) is 11.4. The lowest BCUT2D eigenvalue weighted by Gasteiger charge is -2.22. The summed E-state index contributed by atoms with van der Waals surface area (Å²) in [5.41, 5.74) is 1.13. The molecule has 2 aromatic rings. The summed E-state index contributed by atoms with van der Waals surface area (Å²) in [4.78, 5) is 39.3. The molecule has 2 unspecified atom stereocenters. The van der Waals surface area contributed by atoms with Gasteiger partial charge in [0.15, 0.2) is 0 Å². The molecule has 1 aliphatic heterocycles. The van der Waals surface area contributed by atoms with Crippen LogP contribution in [0.3, 0.4) is 0 Å². The number of benzene rings is 2. The number of hydrogen-bond donors (Lipinski definition) is 1. The second kappa shape index (κ2) is 10.4. The van der Waals surface area contributed by atoms with Crippen LogP contribution in [-0.2, 0) is 19.1 Å². The van der Waals surface area contributed by atoms with E-state index in [2.05, 4.69) is 5.32 Å². The highest BCUT2D eigenvalue weighted by Crippen LogP contribution is 2.36. The quantitative estimate of drug-likeness (QED) is 0.608. The van der Waals surface area contributed by atoms with Crippen LogP contribution in [0.2, 0.25) is 5.02 Å². The summed E-state index contributed by atoms with van der Waals surface area (Å²) in [6.45, 7) is 0.168. The normalized spacial score (nSPS) is 16.4. The van der Waals surface area contributed by atoms with Crippen LogP contribution in [0.4, 0.5) is 5.69 Å². The molecule has 2 amide bonds. The standard InChI is InChI=1S/C23H25ClN2O6/c1-30-15-8-9-20(31-2)19(11-15)26-13-14(10-21(26)27)23(29)25-18(12-22(28)32-3)16-6-4-5-7-17(16)24/h4-9,11,14,18H,10,12-13H2,1-3H3,(H,25,29). The van der Waals surface area contributed by atoms with Crippen molar-refractivity contribution in [1.29, 1.82) is 0 Å². The van der Waals surface area contributed by atoms with Crippen LogP contribution in [0.25, 0.3) is 0 Å². The Hall–Kier alpha value is -3.26. The number of methoxy groups -OCH3 is 3. The average Bonchev–Trinajstić information content (AvgIpc) is 3.19. The van der Waals surface area contributed by atoms with Gasteiger partial charge in [-0.3, -0.25) is 14.4 Å². The highest BCUT2D eigenvalue weighted by Gasteiger charge is 2.37. The van der Waals surface area contributed by atoms with Gasteiger partial charge < -0.3 is 24.4 Å². The van der Waals surface area contributed by atoms with Crippen molar-refractivity contribution in [1.82, 2.24) is 5.32 Å². The van der Waals surface area contributed by atoms with Gasteiger partial charge in [-0.15, -0.1) is 0 Å². The minimum absolute atomic E-state index is 0.0274. The molecular formula is C23H25ClN2O6. The Bertz CT molecular complexity index is 1010.